The van der Waals surface area contributed by atoms with Crippen molar-refractivity contribution in [2.24, 2.45) is 0 Å². The highest BCUT2D eigenvalue weighted by Crippen LogP contribution is 2.16. The first kappa shape index (κ1) is 18.4. The summed E-state index contributed by atoms with van der Waals surface area (Å²) in [6.07, 6.45) is 2.68. The zero-order chi connectivity index (χ0) is 15.9. The molecule has 1 aromatic carbocycles. The molecule has 0 heterocycles. The van der Waals surface area contributed by atoms with Gasteiger partial charge in [0, 0.05) is 19.1 Å². The van der Waals surface area contributed by atoms with E-state index in [9.17, 15) is 12.8 Å². The molecule has 1 rings (SSSR count). The van der Waals surface area contributed by atoms with Gasteiger partial charge in [-0.2, -0.15) is 11.8 Å². The average Bonchev–Trinajstić information content (AvgIpc) is 2.42. The predicted molar refractivity (Wildman–Crippen MR) is 86.6 cm³/mol. The lowest BCUT2D eigenvalue weighted by Crippen LogP contribution is -2.26. The quantitative estimate of drug-likeness (QED) is 0.681. The van der Waals surface area contributed by atoms with Gasteiger partial charge in [0.15, 0.2) is 0 Å². The molecular weight excluding hydrogens is 311 g/mol. The van der Waals surface area contributed by atoms with Crippen LogP contribution in [0.4, 0.5) is 4.39 Å². The molecule has 0 radical (unpaired) electrons. The molecule has 0 spiro atoms. The molecule has 4 nitrogen and oxygen atoms in total. The second-order valence-corrected chi connectivity index (χ2v) is 7.77. The Kier molecular flexibility index (Phi) is 7.65. The molecule has 0 amide bonds. The summed E-state index contributed by atoms with van der Waals surface area (Å²) in [6, 6.07) is 4.46. The van der Waals surface area contributed by atoms with Crippen molar-refractivity contribution in [3.05, 3.63) is 29.6 Å². The standard InChI is InChI=1S/C14H23FN2O2S2/c1-11(2)16-10-12-5-6-13(15)14(9-12)21(18,19)17-7-4-8-20-3/h5-6,9,11,16-17H,4,7-8,10H2,1-3H3. The molecule has 0 bridgehead atoms. The van der Waals surface area contributed by atoms with Crippen LogP contribution in [0.5, 0.6) is 0 Å². The summed E-state index contributed by atoms with van der Waals surface area (Å²) in [5.41, 5.74) is 0.745. The highest BCUT2D eigenvalue weighted by Gasteiger charge is 2.19. The fourth-order valence-electron chi connectivity index (χ4n) is 1.69. The summed E-state index contributed by atoms with van der Waals surface area (Å²) < 4.78 is 40.5. The van der Waals surface area contributed by atoms with Gasteiger partial charge >= 0.3 is 0 Å². The van der Waals surface area contributed by atoms with Crippen LogP contribution in [0.25, 0.3) is 0 Å². The van der Waals surface area contributed by atoms with Crippen LogP contribution in [0.2, 0.25) is 0 Å². The topological polar surface area (TPSA) is 58.2 Å². The Labute approximate surface area is 131 Å². The van der Waals surface area contributed by atoms with Crippen molar-refractivity contribution < 1.29 is 12.8 Å². The van der Waals surface area contributed by atoms with Gasteiger partial charge in [-0.3, -0.25) is 0 Å². The van der Waals surface area contributed by atoms with Crippen molar-refractivity contribution in [3.8, 4) is 0 Å². The first-order chi connectivity index (χ1) is 9.86. The normalized spacial score (nSPS) is 12.0. The van der Waals surface area contributed by atoms with Crippen LogP contribution in [-0.4, -0.2) is 33.0 Å². The second-order valence-electron chi connectivity index (χ2n) is 5.04. The summed E-state index contributed by atoms with van der Waals surface area (Å²) >= 11 is 1.65. The molecule has 0 aliphatic carbocycles. The van der Waals surface area contributed by atoms with Crippen molar-refractivity contribution in [1.29, 1.82) is 0 Å². The Morgan fingerprint density at radius 3 is 2.67 bits per heavy atom. The zero-order valence-corrected chi connectivity index (χ0v) is 14.3. The Hall–Kier alpha value is -0.630. The van der Waals surface area contributed by atoms with Crippen molar-refractivity contribution in [2.45, 2.75) is 37.8 Å². The number of nitrogens with one attached hydrogen (secondary N) is 2. The number of halogens is 1. The number of hydrogen-bond donors (Lipinski definition) is 2. The molecule has 7 heteroatoms. The van der Waals surface area contributed by atoms with Gasteiger partial charge in [0.25, 0.3) is 0 Å². The van der Waals surface area contributed by atoms with Gasteiger partial charge in [-0.05, 0) is 36.1 Å². The number of thioether (sulfide) groups is 1. The van der Waals surface area contributed by atoms with Crippen LogP contribution >= 0.6 is 11.8 Å². The summed E-state index contributed by atoms with van der Waals surface area (Å²) in [7, 11) is -3.79. The first-order valence-electron chi connectivity index (χ1n) is 6.87. The molecule has 0 atom stereocenters. The minimum atomic E-state index is -3.79. The van der Waals surface area contributed by atoms with E-state index >= 15 is 0 Å². The van der Waals surface area contributed by atoms with Crippen LogP contribution in [0.15, 0.2) is 23.1 Å². The highest BCUT2D eigenvalue weighted by molar-refractivity contribution is 7.98. The lowest BCUT2D eigenvalue weighted by Gasteiger charge is -2.11. The Bertz CT molecular complexity index is 548. The molecule has 0 saturated carbocycles. The molecule has 0 unspecified atom stereocenters. The smallest absolute Gasteiger partial charge is 0.243 e. The molecular formula is C14H23FN2O2S2. The maximum absolute atomic E-state index is 13.8. The molecule has 21 heavy (non-hydrogen) atoms. The maximum atomic E-state index is 13.8. The van der Waals surface area contributed by atoms with Gasteiger partial charge in [0.05, 0.1) is 0 Å². The van der Waals surface area contributed by atoms with Crippen LogP contribution in [0, 0.1) is 5.82 Å². The fourth-order valence-corrected chi connectivity index (χ4v) is 3.32. The number of sulfonamides is 1. The molecule has 2 N–H and O–H groups in total. The molecule has 1 aromatic rings. The summed E-state index contributed by atoms with van der Waals surface area (Å²) in [4.78, 5) is -0.283. The Morgan fingerprint density at radius 1 is 1.33 bits per heavy atom. The Balaban J connectivity index is 2.81. The molecule has 0 aliphatic rings. The van der Waals surface area contributed by atoms with E-state index < -0.39 is 15.8 Å². The van der Waals surface area contributed by atoms with E-state index in [2.05, 4.69) is 10.0 Å². The van der Waals surface area contributed by atoms with Crippen LogP contribution in [-0.2, 0) is 16.6 Å². The van der Waals surface area contributed by atoms with Gasteiger partial charge in [-0.25, -0.2) is 17.5 Å². The van der Waals surface area contributed by atoms with E-state index in [1.54, 1.807) is 17.8 Å². The molecule has 0 aliphatic heterocycles. The van der Waals surface area contributed by atoms with Crippen molar-refractivity contribution in [2.75, 3.05) is 18.6 Å². The fraction of sp³-hybridized carbons (Fsp3) is 0.571. The van der Waals surface area contributed by atoms with E-state index in [4.69, 9.17) is 0 Å². The average molecular weight is 334 g/mol. The minimum Gasteiger partial charge on any atom is -0.310 e. The van der Waals surface area contributed by atoms with Gasteiger partial charge < -0.3 is 5.32 Å². The highest BCUT2D eigenvalue weighted by atomic mass is 32.2. The van der Waals surface area contributed by atoms with E-state index in [-0.39, 0.29) is 10.9 Å². The largest absolute Gasteiger partial charge is 0.310 e. The van der Waals surface area contributed by atoms with E-state index in [1.807, 2.05) is 20.1 Å². The third-order valence-corrected chi connectivity index (χ3v) is 4.99. The van der Waals surface area contributed by atoms with E-state index in [0.29, 0.717) is 13.1 Å². The van der Waals surface area contributed by atoms with Crippen LogP contribution in [0.1, 0.15) is 25.8 Å². The number of rotatable bonds is 9. The third kappa shape index (κ3) is 6.34. The minimum absolute atomic E-state index is 0.278. The van der Waals surface area contributed by atoms with Gasteiger partial charge in [-0.15, -0.1) is 0 Å². The SMILES string of the molecule is CSCCCNS(=O)(=O)c1cc(CNC(C)C)ccc1F. The monoisotopic (exact) mass is 334 g/mol. The van der Waals surface area contributed by atoms with Crippen LogP contribution < -0.4 is 10.0 Å². The van der Waals surface area contributed by atoms with E-state index in [1.165, 1.54) is 12.1 Å². The first-order valence-corrected chi connectivity index (χ1v) is 9.75. The summed E-state index contributed by atoms with van der Waals surface area (Å²) in [5, 5.41) is 3.18. The lowest BCUT2D eigenvalue weighted by atomic mass is 10.2. The predicted octanol–water partition coefficient (Wildman–Crippen LogP) is 2.36. The van der Waals surface area contributed by atoms with Gasteiger partial charge in [-0.1, -0.05) is 19.9 Å². The molecule has 0 aromatic heterocycles. The second kappa shape index (κ2) is 8.73. The Morgan fingerprint density at radius 2 is 2.05 bits per heavy atom. The van der Waals surface area contributed by atoms with Gasteiger partial charge in [0.2, 0.25) is 10.0 Å². The van der Waals surface area contributed by atoms with Crippen molar-refractivity contribution in [3.63, 3.8) is 0 Å². The number of hydrogen-bond acceptors (Lipinski definition) is 4. The van der Waals surface area contributed by atoms with Crippen LogP contribution in [0.3, 0.4) is 0 Å². The molecule has 0 fully saturated rings. The summed E-state index contributed by atoms with van der Waals surface area (Å²) in [5.74, 6) is 0.143. The summed E-state index contributed by atoms with van der Waals surface area (Å²) in [6.45, 7) is 4.81. The van der Waals surface area contributed by atoms with Gasteiger partial charge in [0.1, 0.15) is 10.7 Å². The zero-order valence-electron chi connectivity index (χ0n) is 12.6. The van der Waals surface area contributed by atoms with E-state index in [0.717, 1.165) is 17.7 Å². The third-order valence-electron chi connectivity index (χ3n) is 2.82. The van der Waals surface area contributed by atoms with Crippen molar-refractivity contribution in [1.82, 2.24) is 10.0 Å². The molecule has 0 saturated heterocycles. The maximum Gasteiger partial charge on any atom is 0.243 e. The number of benzene rings is 1. The lowest BCUT2D eigenvalue weighted by molar-refractivity contribution is 0.553. The van der Waals surface area contributed by atoms with Crippen molar-refractivity contribution >= 4 is 21.8 Å². The molecule has 120 valence electrons.